The molecular formula is C13H22O2. The molecule has 2 nitrogen and oxygen atoms in total. The van der Waals surface area contributed by atoms with Crippen molar-refractivity contribution in [1.29, 1.82) is 0 Å². The Labute approximate surface area is 92.3 Å². The Balaban J connectivity index is 2.31. The van der Waals surface area contributed by atoms with Crippen molar-refractivity contribution in [3.05, 3.63) is 12.2 Å². The lowest BCUT2D eigenvalue weighted by Gasteiger charge is -2.37. The van der Waals surface area contributed by atoms with Crippen LogP contribution in [-0.2, 0) is 4.74 Å². The van der Waals surface area contributed by atoms with Crippen LogP contribution in [0, 0.1) is 11.8 Å². The fourth-order valence-electron chi connectivity index (χ4n) is 3.31. The lowest BCUT2D eigenvalue weighted by molar-refractivity contribution is -0.0707. The van der Waals surface area contributed by atoms with Crippen LogP contribution in [0.4, 0.5) is 0 Å². The molecule has 1 saturated carbocycles. The van der Waals surface area contributed by atoms with E-state index in [9.17, 15) is 5.11 Å². The van der Waals surface area contributed by atoms with E-state index >= 15 is 0 Å². The molecule has 0 amide bonds. The van der Waals surface area contributed by atoms with Gasteiger partial charge < -0.3 is 9.84 Å². The van der Waals surface area contributed by atoms with E-state index < -0.39 is 5.60 Å². The molecule has 2 aliphatic rings. The molecule has 0 spiro atoms. The monoisotopic (exact) mass is 210 g/mol. The fraction of sp³-hybridized carbons (Fsp3) is 0.846. The van der Waals surface area contributed by atoms with Crippen molar-refractivity contribution in [1.82, 2.24) is 0 Å². The summed E-state index contributed by atoms with van der Waals surface area (Å²) in [6, 6.07) is 0. The summed E-state index contributed by atoms with van der Waals surface area (Å²) in [6.07, 6.45) is 8.52. The Morgan fingerprint density at radius 3 is 2.73 bits per heavy atom. The molecule has 86 valence electrons. The maximum Gasteiger partial charge on any atom is 0.0688 e. The molecular weight excluding hydrogens is 188 g/mol. The maximum absolute atomic E-state index is 10.3. The van der Waals surface area contributed by atoms with Crippen LogP contribution in [0.2, 0.25) is 0 Å². The SMILES string of the molecule is CO[C@@]1(C)CCC=C[C@@H]2[C@@H]1CC[C@@]2(C)O. The van der Waals surface area contributed by atoms with E-state index in [0.717, 1.165) is 25.7 Å². The minimum absolute atomic E-state index is 0.0609. The molecule has 0 heterocycles. The van der Waals surface area contributed by atoms with Gasteiger partial charge in [-0.05, 0) is 45.4 Å². The number of fused-ring (bicyclic) bond motifs is 1. The zero-order valence-corrected chi connectivity index (χ0v) is 9.99. The number of rotatable bonds is 1. The van der Waals surface area contributed by atoms with Crippen LogP contribution in [0.1, 0.15) is 39.5 Å². The maximum atomic E-state index is 10.3. The first-order chi connectivity index (χ1) is 6.99. The van der Waals surface area contributed by atoms with Crippen molar-refractivity contribution in [2.45, 2.75) is 50.7 Å². The number of ether oxygens (including phenoxy) is 1. The van der Waals surface area contributed by atoms with Gasteiger partial charge in [-0.1, -0.05) is 12.2 Å². The average Bonchev–Trinajstić information content (AvgIpc) is 2.40. The van der Waals surface area contributed by atoms with Gasteiger partial charge in [-0.3, -0.25) is 0 Å². The first-order valence-electron chi connectivity index (χ1n) is 5.94. The van der Waals surface area contributed by atoms with Crippen LogP contribution < -0.4 is 0 Å². The van der Waals surface area contributed by atoms with Crippen LogP contribution in [0.15, 0.2) is 12.2 Å². The molecule has 1 N–H and O–H groups in total. The van der Waals surface area contributed by atoms with Crippen molar-refractivity contribution in [2.75, 3.05) is 7.11 Å². The largest absolute Gasteiger partial charge is 0.390 e. The smallest absolute Gasteiger partial charge is 0.0688 e. The van der Waals surface area contributed by atoms with Gasteiger partial charge in [-0.25, -0.2) is 0 Å². The molecule has 0 aromatic heterocycles. The van der Waals surface area contributed by atoms with Gasteiger partial charge in [-0.2, -0.15) is 0 Å². The minimum atomic E-state index is -0.536. The number of methoxy groups -OCH3 is 1. The van der Waals surface area contributed by atoms with Crippen LogP contribution in [-0.4, -0.2) is 23.4 Å². The number of aliphatic hydroxyl groups is 1. The van der Waals surface area contributed by atoms with Crippen molar-refractivity contribution >= 4 is 0 Å². The van der Waals surface area contributed by atoms with E-state index in [1.165, 1.54) is 0 Å². The lowest BCUT2D eigenvalue weighted by Crippen LogP contribution is -2.41. The van der Waals surface area contributed by atoms with E-state index in [0.29, 0.717) is 5.92 Å². The van der Waals surface area contributed by atoms with Crippen molar-refractivity contribution in [2.24, 2.45) is 11.8 Å². The molecule has 2 heteroatoms. The quantitative estimate of drug-likeness (QED) is 0.674. The van der Waals surface area contributed by atoms with E-state index in [-0.39, 0.29) is 11.5 Å². The highest BCUT2D eigenvalue weighted by atomic mass is 16.5. The summed E-state index contributed by atoms with van der Waals surface area (Å²) in [5.41, 5.74) is -0.597. The summed E-state index contributed by atoms with van der Waals surface area (Å²) < 4.78 is 5.71. The van der Waals surface area contributed by atoms with Gasteiger partial charge in [0.05, 0.1) is 11.2 Å². The molecule has 0 radical (unpaired) electrons. The van der Waals surface area contributed by atoms with E-state index in [1.54, 1.807) is 7.11 Å². The number of hydrogen-bond donors (Lipinski definition) is 1. The topological polar surface area (TPSA) is 29.5 Å². The zero-order valence-electron chi connectivity index (χ0n) is 9.99. The lowest BCUT2D eigenvalue weighted by atomic mass is 9.77. The Bertz CT molecular complexity index is 270. The van der Waals surface area contributed by atoms with E-state index in [2.05, 4.69) is 19.1 Å². The summed E-state index contributed by atoms with van der Waals surface area (Å²) in [5.74, 6) is 0.737. The second kappa shape index (κ2) is 3.60. The Morgan fingerprint density at radius 2 is 2.07 bits per heavy atom. The summed E-state index contributed by atoms with van der Waals surface area (Å²) in [6.45, 7) is 4.16. The van der Waals surface area contributed by atoms with Crippen molar-refractivity contribution in [3.8, 4) is 0 Å². The second-order valence-electron chi connectivity index (χ2n) is 5.51. The molecule has 2 aliphatic carbocycles. The summed E-state index contributed by atoms with van der Waals surface area (Å²) in [7, 11) is 1.80. The summed E-state index contributed by atoms with van der Waals surface area (Å²) in [4.78, 5) is 0. The molecule has 4 atom stereocenters. The van der Waals surface area contributed by atoms with Gasteiger partial charge in [0.2, 0.25) is 0 Å². The van der Waals surface area contributed by atoms with Gasteiger partial charge in [-0.15, -0.1) is 0 Å². The summed E-state index contributed by atoms with van der Waals surface area (Å²) in [5, 5.41) is 10.3. The molecule has 15 heavy (non-hydrogen) atoms. The molecule has 0 aliphatic heterocycles. The third-order valence-electron chi connectivity index (χ3n) is 4.51. The van der Waals surface area contributed by atoms with Crippen LogP contribution in [0.25, 0.3) is 0 Å². The highest BCUT2D eigenvalue weighted by Crippen LogP contribution is 2.49. The van der Waals surface area contributed by atoms with Gasteiger partial charge >= 0.3 is 0 Å². The minimum Gasteiger partial charge on any atom is -0.390 e. The number of hydrogen-bond acceptors (Lipinski definition) is 2. The number of allylic oxidation sites excluding steroid dienone is 1. The molecule has 0 bridgehead atoms. The van der Waals surface area contributed by atoms with E-state index in [1.807, 2.05) is 6.92 Å². The molecule has 0 aromatic carbocycles. The highest BCUT2D eigenvalue weighted by molar-refractivity contribution is 5.12. The Kier molecular flexibility index (Phi) is 2.68. The van der Waals surface area contributed by atoms with Crippen molar-refractivity contribution in [3.63, 3.8) is 0 Å². The van der Waals surface area contributed by atoms with Gasteiger partial charge in [0.1, 0.15) is 0 Å². The van der Waals surface area contributed by atoms with Gasteiger partial charge in [0.15, 0.2) is 0 Å². The third kappa shape index (κ3) is 1.74. The van der Waals surface area contributed by atoms with E-state index in [4.69, 9.17) is 4.74 Å². The Morgan fingerprint density at radius 1 is 1.33 bits per heavy atom. The standard InChI is InChI=1S/C13H22O2/c1-12(14)9-7-11-10(12)6-4-5-8-13(11,2)15-3/h4,6,10-11,14H,5,7-9H2,1-3H3/t10-,11+,12-,13+/m1/s1. The Hall–Kier alpha value is -0.340. The normalized spacial score (nSPS) is 50.1. The van der Waals surface area contributed by atoms with Crippen LogP contribution >= 0.6 is 0 Å². The van der Waals surface area contributed by atoms with Crippen molar-refractivity contribution < 1.29 is 9.84 Å². The molecule has 2 rings (SSSR count). The molecule has 0 saturated heterocycles. The first-order valence-corrected chi connectivity index (χ1v) is 5.94. The predicted octanol–water partition coefficient (Wildman–Crippen LogP) is 2.52. The van der Waals surface area contributed by atoms with Crippen LogP contribution in [0.3, 0.4) is 0 Å². The fourth-order valence-corrected chi connectivity index (χ4v) is 3.31. The van der Waals surface area contributed by atoms with Crippen LogP contribution in [0.5, 0.6) is 0 Å². The molecule has 0 aromatic rings. The average molecular weight is 210 g/mol. The highest BCUT2D eigenvalue weighted by Gasteiger charge is 2.50. The first kappa shape index (κ1) is 11.2. The molecule has 1 fully saturated rings. The van der Waals surface area contributed by atoms with Gasteiger partial charge in [0.25, 0.3) is 0 Å². The predicted molar refractivity (Wildman–Crippen MR) is 60.6 cm³/mol. The molecule has 0 unspecified atom stereocenters. The van der Waals surface area contributed by atoms with Gasteiger partial charge in [0, 0.05) is 13.0 Å². The third-order valence-corrected chi connectivity index (χ3v) is 4.51. The zero-order chi connectivity index (χ0) is 11.1. The summed E-state index contributed by atoms with van der Waals surface area (Å²) >= 11 is 0. The second-order valence-corrected chi connectivity index (χ2v) is 5.51.